The molecule has 0 radical (unpaired) electrons. The van der Waals surface area contributed by atoms with Crippen molar-refractivity contribution in [2.75, 3.05) is 30.9 Å². The first-order valence-corrected chi connectivity index (χ1v) is 5.13. The molecule has 0 bridgehead atoms. The van der Waals surface area contributed by atoms with Crippen LogP contribution in [0, 0.1) is 5.82 Å². The third-order valence-corrected chi connectivity index (χ3v) is 2.30. The van der Waals surface area contributed by atoms with Gasteiger partial charge in [-0.1, -0.05) is 0 Å². The van der Waals surface area contributed by atoms with Gasteiger partial charge in [-0.15, -0.1) is 0 Å². The number of nitrogens with two attached hydrogens (primary N) is 1. The van der Waals surface area contributed by atoms with Crippen LogP contribution in [0.3, 0.4) is 0 Å². The third-order valence-electron chi connectivity index (χ3n) is 2.30. The first kappa shape index (κ1) is 12.6. The predicted octanol–water partition coefficient (Wildman–Crippen LogP) is 1.06. The van der Waals surface area contributed by atoms with E-state index < -0.39 is 5.82 Å². The van der Waals surface area contributed by atoms with Crippen LogP contribution in [-0.4, -0.2) is 36.3 Å². The summed E-state index contributed by atoms with van der Waals surface area (Å²) < 4.78 is 18.6. The summed E-state index contributed by atoms with van der Waals surface area (Å²) in [7, 11) is 1.61. The van der Waals surface area contributed by atoms with Gasteiger partial charge in [0.05, 0.1) is 18.8 Å². The molecule has 5 nitrogen and oxygen atoms in total. The molecule has 1 aromatic rings. The van der Waals surface area contributed by atoms with Gasteiger partial charge < -0.3 is 15.4 Å². The van der Waals surface area contributed by atoms with Gasteiger partial charge in [-0.25, -0.2) is 9.37 Å². The Kier molecular flexibility index (Phi) is 4.42. The van der Waals surface area contributed by atoms with Crippen LogP contribution in [0.1, 0.15) is 13.8 Å². The Hall–Kier alpha value is -1.43. The summed E-state index contributed by atoms with van der Waals surface area (Å²) in [6.07, 6.45) is 1.08. The Morgan fingerprint density at radius 3 is 2.88 bits per heavy atom. The minimum atomic E-state index is -0.473. The molecule has 0 aliphatic rings. The Morgan fingerprint density at radius 1 is 1.62 bits per heavy atom. The average Bonchev–Trinajstić information content (AvgIpc) is 2.24. The van der Waals surface area contributed by atoms with Crippen molar-refractivity contribution in [3.63, 3.8) is 0 Å². The average molecular weight is 228 g/mol. The number of ether oxygens (including phenoxy) is 1. The standard InChI is InChI=1S/C10H17FN4O/c1-4-15(7(2)6-16-3)9-8(11)5-13-10(12)14-9/h5,7H,4,6H2,1-3H3,(H2,12,13,14). The van der Waals surface area contributed by atoms with Crippen LogP contribution in [0.4, 0.5) is 16.2 Å². The van der Waals surface area contributed by atoms with E-state index in [-0.39, 0.29) is 17.8 Å². The van der Waals surface area contributed by atoms with Gasteiger partial charge in [-0.05, 0) is 13.8 Å². The van der Waals surface area contributed by atoms with Crippen molar-refractivity contribution in [2.24, 2.45) is 0 Å². The zero-order chi connectivity index (χ0) is 12.1. The second-order valence-electron chi connectivity index (χ2n) is 3.49. The molecular formula is C10H17FN4O. The molecule has 0 aromatic carbocycles. The van der Waals surface area contributed by atoms with Crippen LogP contribution >= 0.6 is 0 Å². The monoisotopic (exact) mass is 228 g/mol. The fourth-order valence-corrected chi connectivity index (χ4v) is 1.57. The largest absolute Gasteiger partial charge is 0.383 e. The van der Waals surface area contributed by atoms with Crippen LogP contribution in [-0.2, 0) is 4.74 Å². The topological polar surface area (TPSA) is 64.3 Å². The highest BCUT2D eigenvalue weighted by Gasteiger charge is 2.18. The molecule has 16 heavy (non-hydrogen) atoms. The van der Waals surface area contributed by atoms with E-state index in [1.807, 2.05) is 13.8 Å². The molecule has 90 valence electrons. The number of nitrogen functional groups attached to an aromatic ring is 1. The molecule has 1 atom stereocenters. The minimum Gasteiger partial charge on any atom is -0.383 e. The number of hydrogen-bond donors (Lipinski definition) is 1. The van der Waals surface area contributed by atoms with Gasteiger partial charge in [-0.2, -0.15) is 4.98 Å². The second kappa shape index (κ2) is 5.60. The predicted molar refractivity (Wildman–Crippen MR) is 60.8 cm³/mol. The van der Waals surface area contributed by atoms with Crippen molar-refractivity contribution < 1.29 is 9.13 Å². The van der Waals surface area contributed by atoms with Crippen LogP contribution in [0.15, 0.2) is 6.20 Å². The summed E-state index contributed by atoms with van der Waals surface area (Å²) in [5.41, 5.74) is 5.45. The Bertz CT molecular complexity index is 348. The lowest BCUT2D eigenvalue weighted by Crippen LogP contribution is -2.37. The van der Waals surface area contributed by atoms with Crippen LogP contribution in [0.5, 0.6) is 0 Å². The fraction of sp³-hybridized carbons (Fsp3) is 0.600. The highest BCUT2D eigenvalue weighted by molar-refractivity contribution is 5.43. The van der Waals surface area contributed by atoms with Crippen molar-refractivity contribution in [3.05, 3.63) is 12.0 Å². The van der Waals surface area contributed by atoms with Crippen LogP contribution in [0.2, 0.25) is 0 Å². The number of methoxy groups -OCH3 is 1. The van der Waals surface area contributed by atoms with E-state index in [4.69, 9.17) is 10.5 Å². The number of anilines is 2. The Balaban J connectivity index is 2.98. The molecule has 0 saturated heterocycles. The van der Waals surface area contributed by atoms with Crippen LogP contribution in [0.25, 0.3) is 0 Å². The van der Waals surface area contributed by atoms with Crippen molar-refractivity contribution in [1.82, 2.24) is 9.97 Å². The van der Waals surface area contributed by atoms with Gasteiger partial charge in [0.2, 0.25) is 5.95 Å². The summed E-state index contributed by atoms with van der Waals surface area (Å²) in [6.45, 7) is 4.98. The zero-order valence-electron chi connectivity index (χ0n) is 9.77. The lowest BCUT2D eigenvalue weighted by atomic mass is 10.3. The van der Waals surface area contributed by atoms with E-state index in [9.17, 15) is 4.39 Å². The van der Waals surface area contributed by atoms with E-state index in [0.717, 1.165) is 6.20 Å². The number of halogens is 1. The van der Waals surface area contributed by atoms with E-state index in [1.54, 1.807) is 12.0 Å². The molecule has 0 saturated carbocycles. The zero-order valence-corrected chi connectivity index (χ0v) is 9.77. The molecule has 2 N–H and O–H groups in total. The molecule has 1 aromatic heterocycles. The lowest BCUT2D eigenvalue weighted by Gasteiger charge is -2.28. The first-order valence-electron chi connectivity index (χ1n) is 5.13. The summed E-state index contributed by atoms with van der Waals surface area (Å²) in [5, 5.41) is 0. The number of hydrogen-bond acceptors (Lipinski definition) is 5. The molecule has 1 rings (SSSR count). The molecule has 0 spiro atoms. The number of nitrogens with zero attached hydrogens (tertiary/aromatic N) is 3. The highest BCUT2D eigenvalue weighted by Crippen LogP contribution is 2.18. The molecule has 1 unspecified atom stereocenters. The molecule has 0 aliphatic heterocycles. The van der Waals surface area contributed by atoms with Crippen molar-refractivity contribution in [1.29, 1.82) is 0 Å². The number of rotatable bonds is 5. The minimum absolute atomic E-state index is 0.0267. The van der Waals surface area contributed by atoms with E-state index in [0.29, 0.717) is 13.2 Å². The smallest absolute Gasteiger partial charge is 0.222 e. The van der Waals surface area contributed by atoms with Crippen molar-refractivity contribution >= 4 is 11.8 Å². The maximum absolute atomic E-state index is 13.5. The third kappa shape index (κ3) is 2.79. The Morgan fingerprint density at radius 2 is 2.31 bits per heavy atom. The first-order chi connectivity index (χ1) is 7.60. The fourth-order valence-electron chi connectivity index (χ4n) is 1.57. The number of aromatic nitrogens is 2. The van der Waals surface area contributed by atoms with Gasteiger partial charge >= 0.3 is 0 Å². The van der Waals surface area contributed by atoms with E-state index in [2.05, 4.69) is 9.97 Å². The molecular weight excluding hydrogens is 211 g/mol. The number of likely N-dealkylation sites (N-methyl/N-ethyl adjacent to an activating group) is 1. The van der Waals surface area contributed by atoms with E-state index in [1.165, 1.54) is 0 Å². The molecule has 0 aliphatic carbocycles. The van der Waals surface area contributed by atoms with Gasteiger partial charge in [0, 0.05) is 13.7 Å². The second-order valence-corrected chi connectivity index (χ2v) is 3.49. The SMILES string of the molecule is CCN(c1nc(N)ncc1F)C(C)COC. The molecule has 1 heterocycles. The van der Waals surface area contributed by atoms with E-state index >= 15 is 0 Å². The molecule has 6 heteroatoms. The Labute approximate surface area is 94.4 Å². The summed E-state index contributed by atoms with van der Waals surface area (Å²) in [5.74, 6) is -0.182. The molecule has 0 fully saturated rings. The van der Waals surface area contributed by atoms with Crippen molar-refractivity contribution in [3.8, 4) is 0 Å². The normalized spacial score (nSPS) is 12.5. The summed E-state index contributed by atoms with van der Waals surface area (Å²) in [4.78, 5) is 9.29. The van der Waals surface area contributed by atoms with Crippen molar-refractivity contribution in [2.45, 2.75) is 19.9 Å². The van der Waals surface area contributed by atoms with Gasteiger partial charge in [0.25, 0.3) is 0 Å². The summed E-state index contributed by atoms with van der Waals surface area (Å²) >= 11 is 0. The van der Waals surface area contributed by atoms with Crippen LogP contribution < -0.4 is 10.6 Å². The summed E-state index contributed by atoms with van der Waals surface area (Å²) in [6, 6.07) is 0.0267. The highest BCUT2D eigenvalue weighted by atomic mass is 19.1. The maximum Gasteiger partial charge on any atom is 0.222 e. The van der Waals surface area contributed by atoms with Gasteiger partial charge in [0.15, 0.2) is 11.6 Å². The lowest BCUT2D eigenvalue weighted by molar-refractivity contribution is 0.181. The quantitative estimate of drug-likeness (QED) is 0.816. The van der Waals surface area contributed by atoms with Gasteiger partial charge in [0.1, 0.15) is 0 Å². The molecule has 0 amide bonds. The maximum atomic E-state index is 13.5. The van der Waals surface area contributed by atoms with Gasteiger partial charge in [-0.3, -0.25) is 0 Å².